The van der Waals surface area contributed by atoms with E-state index in [1.165, 1.54) is 19.6 Å². The fraction of sp³-hybridized carbons (Fsp3) is 0.600. The SMILES string of the molecule is COc1ncncc1N(NC(=O)OC(C)(C)C)C(=O)OC(C)(C)C. The molecule has 24 heavy (non-hydrogen) atoms. The van der Waals surface area contributed by atoms with Crippen LogP contribution in [-0.2, 0) is 9.47 Å². The average Bonchev–Trinajstić information content (AvgIpc) is 2.41. The number of nitrogens with zero attached hydrogens (tertiary/aromatic N) is 3. The molecule has 1 rings (SSSR count). The molecule has 0 aliphatic rings. The molecule has 0 radical (unpaired) electrons. The van der Waals surface area contributed by atoms with Gasteiger partial charge in [0.25, 0.3) is 0 Å². The molecule has 0 aliphatic heterocycles. The first kappa shape index (κ1) is 19.5. The van der Waals surface area contributed by atoms with Crippen molar-refractivity contribution in [1.82, 2.24) is 15.4 Å². The van der Waals surface area contributed by atoms with E-state index < -0.39 is 23.4 Å². The minimum atomic E-state index is -0.834. The Morgan fingerprint density at radius 2 is 1.67 bits per heavy atom. The highest BCUT2D eigenvalue weighted by Gasteiger charge is 2.29. The standard InChI is InChI=1S/C15H24N4O5/c1-14(2,3)23-12(20)18-19(13(21)24-15(4,5)6)10-8-16-9-17-11(10)22-7/h8-9H,1-7H3,(H,18,20). The second-order valence-electron chi connectivity index (χ2n) is 6.85. The monoisotopic (exact) mass is 340 g/mol. The first-order valence-corrected chi connectivity index (χ1v) is 7.29. The third-order valence-corrected chi connectivity index (χ3v) is 2.27. The molecule has 2 amide bonds. The summed E-state index contributed by atoms with van der Waals surface area (Å²) in [4.78, 5) is 32.2. The van der Waals surface area contributed by atoms with Crippen LogP contribution in [0.3, 0.4) is 0 Å². The van der Waals surface area contributed by atoms with Gasteiger partial charge in [0, 0.05) is 0 Å². The number of methoxy groups -OCH3 is 1. The summed E-state index contributed by atoms with van der Waals surface area (Å²) in [5.74, 6) is 0.0897. The van der Waals surface area contributed by atoms with Crippen molar-refractivity contribution in [1.29, 1.82) is 0 Å². The summed E-state index contributed by atoms with van der Waals surface area (Å²) in [6.07, 6.45) is 0.900. The van der Waals surface area contributed by atoms with Crippen molar-refractivity contribution in [3.8, 4) is 5.88 Å². The van der Waals surface area contributed by atoms with Crippen LogP contribution < -0.4 is 15.2 Å². The number of carbonyl (C=O) groups is 2. The van der Waals surface area contributed by atoms with Gasteiger partial charge in [-0.3, -0.25) is 0 Å². The summed E-state index contributed by atoms with van der Waals surface area (Å²) in [6, 6.07) is 0. The van der Waals surface area contributed by atoms with E-state index in [1.54, 1.807) is 41.5 Å². The van der Waals surface area contributed by atoms with Gasteiger partial charge in [-0.1, -0.05) is 0 Å². The Morgan fingerprint density at radius 1 is 1.08 bits per heavy atom. The molecule has 0 saturated heterocycles. The number of hydrazine groups is 1. The zero-order chi connectivity index (χ0) is 18.5. The van der Waals surface area contributed by atoms with Crippen LogP contribution in [0.1, 0.15) is 41.5 Å². The lowest BCUT2D eigenvalue weighted by Crippen LogP contribution is -2.50. The maximum absolute atomic E-state index is 12.5. The Morgan fingerprint density at radius 3 is 2.17 bits per heavy atom. The van der Waals surface area contributed by atoms with Crippen LogP contribution in [0.4, 0.5) is 15.3 Å². The predicted molar refractivity (Wildman–Crippen MR) is 86.7 cm³/mol. The number of carbonyl (C=O) groups excluding carboxylic acids is 2. The van der Waals surface area contributed by atoms with Crippen molar-refractivity contribution in [3.05, 3.63) is 12.5 Å². The first-order valence-electron chi connectivity index (χ1n) is 7.29. The maximum Gasteiger partial charge on any atom is 0.434 e. The fourth-order valence-corrected chi connectivity index (χ4v) is 1.53. The van der Waals surface area contributed by atoms with Crippen molar-refractivity contribution >= 4 is 17.9 Å². The third kappa shape index (κ3) is 6.27. The van der Waals surface area contributed by atoms with Gasteiger partial charge in [-0.05, 0) is 41.5 Å². The van der Waals surface area contributed by atoms with Crippen LogP contribution in [0, 0.1) is 0 Å². The molecule has 0 aromatic carbocycles. The van der Waals surface area contributed by atoms with E-state index in [4.69, 9.17) is 14.2 Å². The Bertz CT molecular complexity index is 592. The zero-order valence-electron chi connectivity index (χ0n) is 15.0. The van der Waals surface area contributed by atoms with Crippen LogP contribution >= 0.6 is 0 Å². The maximum atomic E-state index is 12.5. The molecule has 0 spiro atoms. The Labute approximate surface area is 141 Å². The summed E-state index contributed by atoms with van der Waals surface area (Å²) < 4.78 is 15.5. The second-order valence-corrected chi connectivity index (χ2v) is 6.85. The first-order chi connectivity index (χ1) is 10.9. The third-order valence-electron chi connectivity index (χ3n) is 2.27. The van der Waals surface area contributed by atoms with Gasteiger partial charge in [0.2, 0.25) is 5.88 Å². The van der Waals surface area contributed by atoms with Gasteiger partial charge in [0.1, 0.15) is 17.5 Å². The smallest absolute Gasteiger partial charge is 0.434 e. The topological polar surface area (TPSA) is 103 Å². The minimum absolute atomic E-state index is 0.0897. The van der Waals surface area contributed by atoms with E-state index >= 15 is 0 Å². The highest BCUT2D eigenvalue weighted by molar-refractivity contribution is 5.91. The zero-order valence-corrected chi connectivity index (χ0v) is 15.0. The number of ether oxygens (including phenoxy) is 3. The highest BCUT2D eigenvalue weighted by Crippen LogP contribution is 2.24. The molecule has 0 atom stereocenters. The van der Waals surface area contributed by atoms with Gasteiger partial charge in [-0.25, -0.2) is 20.0 Å². The summed E-state index contributed by atoms with van der Waals surface area (Å²) >= 11 is 0. The van der Waals surface area contributed by atoms with Gasteiger partial charge in [0.05, 0.1) is 13.3 Å². The summed E-state index contributed by atoms with van der Waals surface area (Å²) in [7, 11) is 1.38. The molecule has 9 heteroatoms. The molecule has 0 fully saturated rings. The largest absolute Gasteiger partial charge is 0.479 e. The van der Waals surface area contributed by atoms with E-state index in [9.17, 15) is 9.59 Å². The Balaban J connectivity index is 3.12. The lowest BCUT2D eigenvalue weighted by molar-refractivity contribution is 0.0424. The molecule has 1 heterocycles. The van der Waals surface area contributed by atoms with E-state index in [-0.39, 0.29) is 11.6 Å². The number of anilines is 1. The van der Waals surface area contributed by atoms with Crippen LogP contribution in [-0.4, -0.2) is 40.5 Å². The number of aromatic nitrogens is 2. The molecule has 0 bridgehead atoms. The number of hydrogen-bond acceptors (Lipinski definition) is 7. The van der Waals surface area contributed by atoms with Gasteiger partial charge >= 0.3 is 12.2 Å². The van der Waals surface area contributed by atoms with Crippen LogP contribution in [0.5, 0.6) is 5.88 Å². The van der Waals surface area contributed by atoms with Crippen LogP contribution in [0.15, 0.2) is 12.5 Å². The number of hydrogen-bond donors (Lipinski definition) is 1. The van der Waals surface area contributed by atoms with E-state index in [0.29, 0.717) is 0 Å². The number of nitrogens with one attached hydrogen (secondary N) is 1. The fourth-order valence-electron chi connectivity index (χ4n) is 1.53. The molecular weight excluding hydrogens is 316 g/mol. The average molecular weight is 340 g/mol. The van der Waals surface area contributed by atoms with Gasteiger partial charge < -0.3 is 14.2 Å². The molecule has 1 aromatic heterocycles. The summed E-state index contributed by atoms with van der Waals surface area (Å²) in [6.45, 7) is 10.2. The minimum Gasteiger partial charge on any atom is -0.479 e. The molecule has 9 nitrogen and oxygen atoms in total. The molecular formula is C15H24N4O5. The van der Waals surface area contributed by atoms with E-state index in [1.807, 2.05) is 0 Å². The van der Waals surface area contributed by atoms with Crippen molar-refractivity contribution in [2.45, 2.75) is 52.7 Å². The number of rotatable bonds is 2. The molecule has 0 saturated carbocycles. The molecule has 134 valence electrons. The molecule has 1 N–H and O–H groups in total. The quantitative estimate of drug-likeness (QED) is 0.825. The Kier molecular flexibility index (Phi) is 5.94. The summed E-state index contributed by atoms with van der Waals surface area (Å²) in [5, 5.41) is 0.845. The Hall–Kier alpha value is -2.58. The van der Waals surface area contributed by atoms with Crippen molar-refractivity contribution in [2.24, 2.45) is 0 Å². The highest BCUT2D eigenvalue weighted by atomic mass is 16.6. The second kappa shape index (κ2) is 7.33. The van der Waals surface area contributed by atoms with E-state index in [0.717, 1.165) is 5.01 Å². The van der Waals surface area contributed by atoms with E-state index in [2.05, 4.69) is 15.4 Å². The number of amides is 2. The molecule has 1 aromatic rings. The van der Waals surface area contributed by atoms with Crippen molar-refractivity contribution in [3.63, 3.8) is 0 Å². The van der Waals surface area contributed by atoms with Gasteiger partial charge in [-0.15, -0.1) is 0 Å². The normalized spacial score (nSPS) is 11.5. The van der Waals surface area contributed by atoms with Gasteiger partial charge in [0.15, 0.2) is 5.69 Å². The van der Waals surface area contributed by atoms with Gasteiger partial charge in [-0.2, -0.15) is 9.99 Å². The molecule has 0 aliphatic carbocycles. The molecule has 0 unspecified atom stereocenters. The lowest BCUT2D eigenvalue weighted by Gasteiger charge is -2.28. The van der Waals surface area contributed by atoms with Crippen molar-refractivity contribution < 1.29 is 23.8 Å². The van der Waals surface area contributed by atoms with Crippen molar-refractivity contribution in [2.75, 3.05) is 12.1 Å². The summed E-state index contributed by atoms with van der Waals surface area (Å²) in [5.41, 5.74) is 0.931. The predicted octanol–water partition coefficient (Wildman–Crippen LogP) is 2.67. The lowest BCUT2D eigenvalue weighted by atomic mass is 10.2. The van der Waals surface area contributed by atoms with Crippen LogP contribution in [0.25, 0.3) is 0 Å². The van der Waals surface area contributed by atoms with Crippen LogP contribution in [0.2, 0.25) is 0 Å².